The summed E-state index contributed by atoms with van der Waals surface area (Å²) in [6.07, 6.45) is 1.17. The van der Waals surface area contributed by atoms with Crippen LogP contribution in [0.1, 0.15) is 11.5 Å². The van der Waals surface area contributed by atoms with Gasteiger partial charge in [0.05, 0.1) is 22.8 Å². The van der Waals surface area contributed by atoms with Crippen LogP contribution >= 0.6 is 39.1 Å². The summed E-state index contributed by atoms with van der Waals surface area (Å²) in [5, 5.41) is 11.4. The largest absolute Gasteiger partial charge is 0.458 e. The number of halogens is 3. The molecule has 1 aromatic heterocycles. The van der Waals surface area contributed by atoms with E-state index in [1.54, 1.807) is 30.3 Å². The normalized spacial score (nSPS) is 10.6. The zero-order valence-corrected chi connectivity index (χ0v) is 20.7. The SMILES string of the molecule is O=C(NCc1ccc(/C=N/NC(=O)C(=O)Nc2ccc(Br)cc2)o1)C(=O)Nc1ccc(Cl)c(Cl)c1. The lowest BCUT2D eigenvalue weighted by Crippen LogP contribution is -2.34. The van der Waals surface area contributed by atoms with Gasteiger partial charge in [-0.05, 0) is 54.6 Å². The van der Waals surface area contributed by atoms with E-state index in [4.69, 9.17) is 27.6 Å². The van der Waals surface area contributed by atoms with Gasteiger partial charge in [-0.1, -0.05) is 39.1 Å². The number of nitrogens with zero attached hydrogens (tertiary/aromatic N) is 1. The molecule has 0 saturated carbocycles. The van der Waals surface area contributed by atoms with Gasteiger partial charge in [-0.2, -0.15) is 5.10 Å². The third-order valence-corrected chi connectivity index (χ3v) is 5.42. The fourth-order valence-electron chi connectivity index (χ4n) is 2.49. The van der Waals surface area contributed by atoms with Gasteiger partial charge in [-0.25, -0.2) is 5.43 Å². The van der Waals surface area contributed by atoms with Gasteiger partial charge in [0.25, 0.3) is 0 Å². The van der Waals surface area contributed by atoms with Crippen molar-refractivity contribution in [2.75, 3.05) is 10.6 Å². The van der Waals surface area contributed by atoms with Gasteiger partial charge in [-0.3, -0.25) is 19.2 Å². The molecule has 0 atom stereocenters. The number of hydrogen-bond donors (Lipinski definition) is 4. The maximum Gasteiger partial charge on any atom is 0.329 e. The van der Waals surface area contributed by atoms with E-state index in [-0.39, 0.29) is 17.3 Å². The predicted molar refractivity (Wildman–Crippen MR) is 134 cm³/mol. The summed E-state index contributed by atoms with van der Waals surface area (Å²) in [5.74, 6) is -3.11. The molecule has 0 bridgehead atoms. The summed E-state index contributed by atoms with van der Waals surface area (Å²) in [7, 11) is 0. The van der Waals surface area contributed by atoms with Crippen molar-refractivity contribution in [3.8, 4) is 0 Å². The molecule has 180 valence electrons. The summed E-state index contributed by atoms with van der Waals surface area (Å²) in [6.45, 7) is -0.0799. The van der Waals surface area contributed by atoms with Crippen LogP contribution in [0.15, 0.2) is 68.6 Å². The van der Waals surface area contributed by atoms with Crippen LogP contribution in [-0.2, 0) is 25.7 Å². The standard InChI is InChI=1S/C22H16BrCl2N5O5/c23-12-1-3-13(4-2-12)28-21(33)22(34)30-27-11-16-7-6-15(35-16)10-26-19(31)20(32)29-14-5-8-17(24)18(25)9-14/h1-9,11H,10H2,(H,26,31)(H,28,33)(H,29,32)(H,30,34)/b27-11+. The summed E-state index contributed by atoms with van der Waals surface area (Å²) in [6, 6.07) is 14.1. The Bertz CT molecular complexity index is 1290. The lowest BCUT2D eigenvalue weighted by atomic mass is 10.3. The Kier molecular flexibility index (Phi) is 9.01. The van der Waals surface area contributed by atoms with Crippen molar-refractivity contribution in [2.45, 2.75) is 6.54 Å². The third-order valence-electron chi connectivity index (χ3n) is 4.16. The minimum absolute atomic E-state index is 0.0799. The fraction of sp³-hybridized carbons (Fsp3) is 0.0455. The van der Waals surface area contributed by atoms with Crippen molar-refractivity contribution in [1.29, 1.82) is 0 Å². The van der Waals surface area contributed by atoms with E-state index < -0.39 is 23.6 Å². The summed E-state index contributed by atoms with van der Waals surface area (Å²) in [4.78, 5) is 47.7. The van der Waals surface area contributed by atoms with Crippen LogP contribution in [0.2, 0.25) is 10.0 Å². The molecular weight excluding hydrogens is 565 g/mol. The molecule has 0 aliphatic rings. The van der Waals surface area contributed by atoms with Crippen molar-refractivity contribution in [1.82, 2.24) is 10.7 Å². The van der Waals surface area contributed by atoms with Crippen molar-refractivity contribution in [2.24, 2.45) is 5.10 Å². The lowest BCUT2D eigenvalue weighted by Gasteiger charge is -2.06. The first-order chi connectivity index (χ1) is 16.7. The second-order valence-corrected chi connectivity index (χ2v) is 8.46. The molecule has 4 amide bonds. The molecule has 3 rings (SSSR count). The minimum atomic E-state index is -0.976. The Labute approximate surface area is 217 Å². The van der Waals surface area contributed by atoms with Crippen LogP contribution < -0.4 is 21.4 Å². The molecule has 35 heavy (non-hydrogen) atoms. The second-order valence-electron chi connectivity index (χ2n) is 6.73. The molecular formula is C22H16BrCl2N5O5. The zero-order chi connectivity index (χ0) is 25.4. The number of hydrazone groups is 1. The molecule has 0 saturated heterocycles. The highest BCUT2D eigenvalue weighted by atomic mass is 79.9. The van der Waals surface area contributed by atoms with Crippen molar-refractivity contribution < 1.29 is 23.6 Å². The predicted octanol–water partition coefficient (Wildman–Crippen LogP) is 3.69. The second kappa shape index (κ2) is 12.2. The molecule has 1 heterocycles. The van der Waals surface area contributed by atoms with E-state index in [1.807, 2.05) is 0 Å². The molecule has 13 heteroatoms. The van der Waals surface area contributed by atoms with Gasteiger partial charge >= 0.3 is 23.6 Å². The molecule has 2 aromatic carbocycles. The van der Waals surface area contributed by atoms with Gasteiger partial charge < -0.3 is 20.4 Å². The van der Waals surface area contributed by atoms with Crippen molar-refractivity contribution in [3.63, 3.8) is 0 Å². The number of furan rings is 1. The number of benzene rings is 2. The van der Waals surface area contributed by atoms with Crippen molar-refractivity contribution >= 4 is 80.3 Å². The molecule has 0 radical (unpaired) electrons. The lowest BCUT2D eigenvalue weighted by molar-refractivity contribution is -0.136. The molecule has 0 spiro atoms. The average Bonchev–Trinajstić information content (AvgIpc) is 3.28. The first kappa shape index (κ1) is 25.9. The number of carbonyl (C=O) groups excluding carboxylic acids is 4. The number of carbonyl (C=O) groups is 4. The number of amides is 4. The summed E-state index contributed by atoms with van der Waals surface area (Å²) >= 11 is 15.0. The Balaban J connectivity index is 1.43. The van der Waals surface area contributed by atoms with Gasteiger partial charge in [0.15, 0.2) is 0 Å². The van der Waals surface area contributed by atoms with Crippen molar-refractivity contribution in [3.05, 3.63) is 80.6 Å². The van der Waals surface area contributed by atoms with Gasteiger partial charge in [-0.15, -0.1) is 0 Å². The van der Waals surface area contributed by atoms with E-state index >= 15 is 0 Å². The van der Waals surface area contributed by atoms with E-state index in [2.05, 4.69) is 42.4 Å². The fourth-order valence-corrected chi connectivity index (χ4v) is 3.06. The van der Waals surface area contributed by atoms with E-state index in [1.165, 1.54) is 30.5 Å². The van der Waals surface area contributed by atoms with Gasteiger partial charge in [0, 0.05) is 15.8 Å². The quantitative estimate of drug-likeness (QED) is 0.200. The Morgan fingerprint density at radius 1 is 0.829 bits per heavy atom. The molecule has 10 nitrogen and oxygen atoms in total. The number of anilines is 2. The van der Waals surface area contributed by atoms with Crippen LogP contribution in [0, 0.1) is 0 Å². The third kappa shape index (κ3) is 7.95. The van der Waals surface area contributed by atoms with Crippen LogP contribution in [0.25, 0.3) is 0 Å². The first-order valence-corrected chi connectivity index (χ1v) is 11.3. The highest BCUT2D eigenvalue weighted by Gasteiger charge is 2.15. The monoisotopic (exact) mass is 579 g/mol. The number of nitrogens with one attached hydrogen (secondary N) is 4. The smallest absolute Gasteiger partial charge is 0.329 e. The van der Waals surface area contributed by atoms with Crippen LogP contribution in [-0.4, -0.2) is 29.8 Å². The molecule has 0 aliphatic carbocycles. The van der Waals surface area contributed by atoms with E-state index in [9.17, 15) is 19.2 Å². The summed E-state index contributed by atoms with van der Waals surface area (Å²) in [5.41, 5.74) is 2.83. The number of rotatable bonds is 6. The molecule has 3 aromatic rings. The van der Waals surface area contributed by atoms with Gasteiger partial charge in [0.1, 0.15) is 11.5 Å². The van der Waals surface area contributed by atoms with Crippen LogP contribution in [0.5, 0.6) is 0 Å². The van der Waals surface area contributed by atoms with Gasteiger partial charge in [0.2, 0.25) is 0 Å². The zero-order valence-electron chi connectivity index (χ0n) is 17.6. The van der Waals surface area contributed by atoms with E-state index in [0.717, 1.165) is 4.47 Å². The topological polar surface area (TPSA) is 142 Å². The number of hydrogen-bond acceptors (Lipinski definition) is 6. The van der Waals surface area contributed by atoms with Crippen LogP contribution in [0.4, 0.5) is 11.4 Å². The van der Waals surface area contributed by atoms with E-state index in [0.29, 0.717) is 22.2 Å². The Hall–Kier alpha value is -3.67. The average molecular weight is 581 g/mol. The minimum Gasteiger partial charge on any atom is -0.458 e. The molecule has 4 N–H and O–H groups in total. The Morgan fingerprint density at radius 3 is 2.20 bits per heavy atom. The maximum atomic E-state index is 12.0. The first-order valence-electron chi connectivity index (χ1n) is 9.74. The van der Waals surface area contributed by atoms with Crippen LogP contribution in [0.3, 0.4) is 0 Å². The highest BCUT2D eigenvalue weighted by molar-refractivity contribution is 9.10. The Morgan fingerprint density at radius 2 is 1.49 bits per heavy atom. The maximum absolute atomic E-state index is 12.0. The summed E-state index contributed by atoms with van der Waals surface area (Å²) < 4.78 is 6.25. The molecule has 0 aliphatic heterocycles. The molecule has 0 unspecified atom stereocenters. The molecule has 0 fully saturated rings. The highest BCUT2D eigenvalue weighted by Crippen LogP contribution is 2.24.